The van der Waals surface area contributed by atoms with Crippen LogP contribution in [0.25, 0.3) is 0 Å². The zero-order valence-electron chi connectivity index (χ0n) is 12.4. The number of rotatable bonds is 6. The van der Waals surface area contributed by atoms with Crippen LogP contribution < -0.4 is 0 Å². The first-order valence-electron chi connectivity index (χ1n) is 6.58. The van der Waals surface area contributed by atoms with Crippen LogP contribution in [-0.4, -0.2) is 53.5 Å². The minimum absolute atomic E-state index is 0.0442. The van der Waals surface area contributed by atoms with Crippen LogP contribution in [0.5, 0.6) is 0 Å². The lowest BCUT2D eigenvalue weighted by molar-refractivity contribution is -0.143. The largest absolute Gasteiger partial charge is 0.480 e. The van der Waals surface area contributed by atoms with E-state index in [9.17, 15) is 9.59 Å². The molecule has 0 heterocycles. The van der Waals surface area contributed by atoms with E-state index in [0.29, 0.717) is 0 Å². The topological polar surface area (TPSA) is 60.9 Å². The number of carboxylic acid groups (broad SMARTS) is 1. The van der Waals surface area contributed by atoms with Crippen molar-refractivity contribution >= 4 is 11.9 Å². The molecule has 1 N–H and O–H groups in total. The van der Waals surface area contributed by atoms with Crippen LogP contribution in [0.2, 0.25) is 0 Å². The molecule has 2 unspecified atom stereocenters. The van der Waals surface area contributed by atoms with Gasteiger partial charge in [-0.15, -0.1) is 0 Å². The highest BCUT2D eigenvalue weighted by Gasteiger charge is 2.23. The predicted octanol–water partition coefficient (Wildman–Crippen LogP) is 1.61. The molecule has 0 aromatic heterocycles. The average molecular weight is 278 g/mol. The second kappa shape index (κ2) is 7.05. The minimum atomic E-state index is -0.931. The number of carboxylic acids is 1. The summed E-state index contributed by atoms with van der Waals surface area (Å²) in [6.45, 7) is 3.60. The summed E-state index contributed by atoms with van der Waals surface area (Å²) in [6.07, 6.45) is 0. The number of likely N-dealkylation sites (N-methyl/N-ethyl adjacent to an activating group) is 2. The van der Waals surface area contributed by atoms with Gasteiger partial charge in [0.2, 0.25) is 5.91 Å². The molecule has 1 aromatic rings. The Hall–Kier alpha value is -1.88. The van der Waals surface area contributed by atoms with Crippen LogP contribution >= 0.6 is 0 Å². The molecule has 0 spiro atoms. The molecule has 1 rings (SSSR count). The van der Waals surface area contributed by atoms with Crippen LogP contribution in [0.3, 0.4) is 0 Å². The van der Waals surface area contributed by atoms with E-state index in [1.54, 1.807) is 25.9 Å². The quantitative estimate of drug-likeness (QED) is 0.859. The van der Waals surface area contributed by atoms with E-state index in [0.717, 1.165) is 5.56 Å². The average Bonchev–Trinajstić information content (AvgIpc) is 2.45. The number of hydrogen-bond donors (Lipinski definition) is 1. The van der Waals surface area contributed by atoms with Crippen molar-refractivity contribution in [2.75, 3.05) is 20.6 Å². The number of carbonyl (C=O) groups is 2. The molecule has 0 saturated carbocycles. The van der Waals surface area contributed by atoms with Gasteiger partial charge >= 0.3 is 5.97 Å². The molecule has 0 radical (unpaired) electrons. The van der Waals surface area contributed by atoms with Gasteiger partial charge in [0.05, 0.1) is 12.6 Å². The first-order chi connectivity index (χ1) is 9.34. The molecule has 110 valence electrons. The summed E-state index contributed by atoms with van der Waals surface area (Å²) in [5.41, 5.74) is 1.05. The molecular formula is C15H22N2O3. The van der Waals surface area contributed by atoms with Gasteiger partial charge in [-0.05, 0) is 26.5 Å². The maximum absolute atomic E-state index is 12.2. The smallest absolute Gasteiger partial charge is 0.320 e. The summed E-state index contributed by atoms with van der Waals surface area (Å²) >= 11 is 0. The van der Waals surface area contributed by atoms with Gasteiger partial charge in [0.1, 0.15) is 6.04 Å². The van der Waals surface area contributed by atoms with Crippen molar-refractivity contribution in [3.05, 3.63) is 35.9 Å². The van der Waals surface area contributed by atoms with Gasteiger partial charge in [-0.1, -0.05) is 30.3 Å². The first-order valence-corrected chi connectivity index (χ1v) is 6.58. The van der Waals surface area contributed by atoms with E-state index in [4.69, 9.17) is 5.11 Å². The van der Waals surface area contributed by atoms with E-state index in [-0.39, 0.29) is 18.5 Å². The van der Waals surface area contributed by atoms with Crippen molar-refractivity contribution in [3.63, 3.8) is 0 Å². The Labute approximate surface area is 119 Å². The third-order valence-electron chi connectivity index (χ3n) is 3.66. The third kappa shape index (κ3) is 4.06. The van der Waals surface area contributed by atoms with Gasteiger partial charge in [0, 0.05) is 7.05 Å². The van der Waals surface area contributed by atoms with Crippen molar-refractivity contribution in [1.29, 1.82) is 0 Å². The Morgan fingerprint density at radius 1 is 1.15 bits per heavy atom. The zero-order valence-corrected chi connectivity index (χ0v) is 12.4. The fourth-order valence-electron chi connectivity index (χ4n) is 1.82. The molecule has 5 nitrogen and oxygen atoms in total. The number of hydrogen-bond acceptors (Lipinski definition) is 3. The molecule has 0 saturated heterocycles. The number of nitrogens with zero attached hydrogens (tertiary/aromatic N) is 2. The Morgan fingerprint density at radius 2 is 1.70 bits per heavy atom. The number of amides is 1. The molecule has 1 aromatic carbocycles. The minimum Gasteiger partial charge on any atom is -0.480 e. The van der Waals surface area contributed by atoms with Gasteiger partial charge in [-0.3, -0.25) is 14.5 Å². The summed E-state index contributed by atoms with van der Waals surface area (Å²) < 4.78 is 0. The first kappa shape index (κ1) is 16.2. The summed E-state index contributed by atoms with van der Waals surface area (Å²) in [4.78, 5) is 26.2. The molecular weight excluding hydrogens is 256 g/mol. The van der Waals surface area contributed by atoms with E-state index < -0.39 is 12.0 Å². The molecule has 0 bridgehead atoms. The lowest BCUT2D eigenvalue weighted by atomic mass is 10.1. The van der Waals surface area contributed by atoms with Gasteiger partial charge < -0.3 is 10.0 Å². The Balaban J connectivity index is 2.65. The highest BCUT2D eigenvalue weighted by atomic mass is 16.4. The fraction of sp³-hybridized carbons (Fsp3) is 0.467. The van der Waals surface area contributed by atoms with Gasteiger partial charge in [-0.2, -0.15) is 0 Å². The van der Waals surface area contributed by atoms with Crippen molar-refractivity contribution in [2.45, 2.75) is 25.9 Å². The van der Waals surface area contributed by atoms with E-state index >= 15 is 0 Å². The molecule has 20 heavy (non-hydrogen) atoms. The van der Waals surface area contributed by atoms with E-state index in [1.165, 1.54) is 4.90 Å². The van der Waals surface area contributed by atoms with E-state index in [1.807, 2.05) is 37.3 Å². The fourth-order valence-corrected chi connectivity index (χ4v) is 1.82. The second-order valence-electron chi connectivity index (χ2n) is 5.02. The van der Waals surface area contributed by atoms with Crippen LogP contribution in [-0.2, 0) is 9.59 Å². The molecule has 1 amide bonds. The molecule has 0 aliphatic carbocycles. The number of aliphatic carboxylic acids is 1. The summed E-state index contributed by atoms with van der Waals surface area (Å²) in [7, 11) is 3.37. The van der Waals surface area contributed by atoms with Crippen LogP contribution in [0.1, 0.15) is 25.5 Å². The Kier molecular flexibility index (Phi) is 5.70. The molecule has 0 aliphatic heterocycles. The third-order valence-corrected chi connectivity index (χ3v) is 3.66. The van der Waals surface area contributed by atoms with Crippen molar-refractivity contribution in [3.8, 4) is 0 Å². The van der Waals surface area contributed by atoms with Crippen LogP contribution in [0, 0.1) is 0 Å². The van der Waals surface area contributed by atoms with Crippen molar-refractivity contribution in [1.82, 2.24) is 9.80 Å². The standard InChI is InChI=1S/C15H22N2O3/c1-11(13-8-6-5-7-9-13)17(4)14(18)10-16(3)12(2)15(19)20/h5-9,11-12H,10H2,1-4H3,(H,19,20). The van der Waals surface area contributed by atoms with Gasteiger partial charge in [0.25, 0.3) is 0 Å². The second-order valence-corrected chi connectivity index (χ2v) is 5.02. The molecule has 0 aliphatic rings. The normalized spacial score (nSPS) is 13.8. The lowest BCUT2D eigenvalue weighted by Gasteiger charge is -2.28. The molecule has 5 heteroatoms. The highest BCUT2D eigenvalue weighted by Crippen LogP contribution is 2.18. The maximum Gasteiger partial charge on any atom is 0.320 e. The van der Waals surface area contributed by atoms with E-state index in [2.05, 4.69) is 0 Å². The monoisotopic (exact) mass is 278 g/mol. The van der Waals surface area contributed by atoms with Crippen LogP contribution in [0.15, 0.2) is 30.3 Å². The summed E-state index contributed by atoms with van der Waals surface area (Å²) in [6, 6.07) is 9.01. The van der Waals surface area contributed by atoms with Crippen molar-refractivity contribution in [2.24, 2.45) is 0 Å². The Bertz CT molecular complexity index is 461. The highest BCUT2D eigenvalue weighted by molar-refractivity contribution is 5.80. The number of benzene rings is 1. The summed E-state index contributed by atoms with van der Waals surface area (Å²) in [5.74, 6) is -1.03. The number of carbonyl (C=O) groups excluding carboxylic acids is 1. The van der Waals surface area contributed by atoms with Gasteiger partial charge in [0.15, 0.2) is 0 Å². The molecule has 0 fully saturated rings. The molecule has 2 atom stereocenters. The summed E-state index contributed by atoms with van der Waals surface area (Å²) in [5, 5.41) is 8.92. The SMILES string of the molecule is CC(C(=O)O)N(C)CC(=O)N(C)C(C)c1ccccc1. The van der Waals surface area contributed by atoms with Crippen LogP contribution in [0.4, 0.5) is 0 Å². The lowest BCUT2D eigenvalue weighted by Crippen LogP contribution is -2.43. The maximum atomic E-state index is 12.2. The van der Waals surface area contributed by atoms with Gasteiger partial charge in [-0.25, -0.2) is 0 Å². The predicted molar refractivity (Wildman–Crippen MR) is 77.4 cm³/mol. The zero-order chi connectivity index (χ0) is 15.3. The Morgan fingerprint density at radius 3 is 2.20 bits per heavy atom. The van der Waals surface area contributed by atoms with Crippen molar-refractivity contribution < 1.29 is 14.7 Å².